The second-order valence-corrected chi connectivity index (χ2v) is 8.04. The Hall–Kier alpha value is -2.74. The number of nitrogens with zero attached hydrogens (tertiary/aromatic N) is 3. The molecule has 3 N–H and O–H groups in total. The molecule has 1 aliphatic carbocycles. The lowest BCUT2D eigenvalue weighted by Gasteiger charge is -2.14. The number of rotatable bonds is 4. The fraction of sp³-hybridized carbons (Fsp3) is 0.476. The third-order valence-electron chi connectivity index (χ3n) is 5.68. The normalized spacial score (nSPS) is 17.9. The SMILES string of the molecule is Cc1cnc(Nc2cc3c(c(C4CC4)c2)B(O)OC3)nc1NF.N#CC1CCOCC1. The Balaban J connectivity index is 0.000000245. The van der Waals surface area contributed by atoms with E-state index in [1.807, 2.05) is 12.1 Å². The van der Waals surface area contributed by atoms with E-state index in [0.717, 1.165) is 61.2 Å². The maximum atomic E-state index is 12.7. The quantitative estimate of drug-likeness (QED) is 0.507. The van der Waals surface area contributed by atoms with Crippen LogP contribution in [0.5, 0.6) is 0 Å². The monoisotopic (exact) mass is 425 g/mol. The smallest absolute Gasteiger partial charge is 0.423 e. The molecule has 1 aromatic heterocycles. The first-order valence-electron chi connectivity index (χ1n) is 10.5. The molecule has 162 valence electrons. The van der Waals surface area contributed by atoms with Crippen LogP contribution in [0.1, 0.15) is 48.3 Å². The summed E-state index contributed by atoms with van der Waals surface area (Å²) in [5.41, 5.74) is 5.99. The van der Waals surface area contributed by atoms with Crippen LogP contribution in [0.15, 0.2) is 18.3 Å². The number of halogens is 1. The molecule has 3 aliphatic rings. The summed E-state index contributed by atoms with van der Waals surface area (Å²) in [6.45, 7) is 3.67. The van der Waals surface area contributed by atoms with E-state index in [-0.39, 0.29) is 11.7 Å². The van der Waals surface area contributed by atoms with Crippen LogP contribution in [0.3, 0.4) is 0 Å². The van der Waals surface area contributed by atoms with Crippen molar-refractivity contribution >= 4 is 30.0 Å². The van der Waals surface area contributed by atoms with Crippen LogP contribution >= 0.6 is 0 Å². The standard InChI is InChI=1S/C15H16BFN4O2.C6H9NO/c1-8-6-18-15(20-14(8)21-17)19-11-4-10-7-23-16(22)13(10)12(5-11)9-2-3-9;7-5-6-1-3-8-4-2-6/h4-6,9,22H,2-3,7H2,1H3,(H2,18,19,20,21);6H,1-4H2. The zero-order valence-electron chi connectivity index (χ0n) is 17.4. The number of nitrogens with one attached hydrogen (secondary N) is 2. The minimum absolute atomic E-state index is 0.143. The summed E-state index contributed by atoms with van der Waals surface area (Å²) in [6.07, 6.45) is 5.66. The second kappa shape index (κ2) is 9.60. The van der Waals surface area contributed by atoms with E-state index in [9.17, 15) is 9.51 Å². The highest BCUT2D eigenvalue weighted by Gasteiger charge is 2.36. The highest BCUT2D eigenvalue weighted by molar-refractivity contribution is 6.62. The lowest BCUT2D eigenvalue weighted by Crippen LogP contribution is -2.31. The molecule has 5 rings (SSSR count). The molecule has 0 radical (unpaired) electrons. The van der Waals surface area contributed by atoms with Crippen molar-refractivity contribution in [1.82, 2.24) is 9.97 Å². The summed E-state index contributed by atoms with van der Waals surface area (Å²) in [5.74, 6) is 1.20. The van der Waals surface area contributed by atoms with E-state index in [2.05, 4.69) is 21.4 Å². The Labute approximate surface area is 180 Å². The van der Waals surface area contributed by atoms with Gasteiger partial charge in [0.25, 0.3) is 0 Å². The van der Waals surface area contributed by atoms with Crippen molar-refractivity contribution in [3.8, 4) is 6.07 Å². The molecule has 1 saturated heterocycles. The number of benzene rings is 1. The van der Waals surface area contributed by atoms with Crippen molar-refractivity contribution < 1.29 is 18.9 Å². The van der Waals surface area contributed by atoms with E-state index in [4.69, 9.17) is 14.7 Å². The molecule has 0 amide bonds. The topological polar surface area (TPSA) is 112 Å². The van der Waals surface area contributed by atoms with E-state index in [1.54, 1.807) is 18.7 Å². The van der Waals surface area contributed by atoms with Crippen molar-refractivity contribution in [2.24, 2.45) is 5.92 Å². The van der Waals surface area contributed by atoms with Crippen LogP contribution in [0.2, 0.25) is 0 Å². The van der Waals surface area contributed by atoms with E-state index in [1.165, 1.54) is 0 Å². The molecule has 2 aliphatic heterocycles. The first kappa shape index (κ1) is 21.5. The van der Waals surface area contributed by atoms with Crippen molar-refractivity contribution in [3.63, 3.8) is 0 Å². The van der Waals surface area contributed by atoms with Gasteiger partial charge in [-0.1, -0.05) is 0 Å². The molecule has 31 heavy (non-hydrogen) atoms. The van der Waals surface area contributed by atoms with E-state index >= 15 is 0 Å². The summed E-state index contributed by atoms with van der Waals surface area (Å²) in [7, 11) is -0.840. The fourth-order valence-electron chi connectivity index (χ4n) is 3.77. The third-order valence-corrected chi connectivity index (χ3v) is 5.68. The van der Waals surface area contributed by atoms with Gasteiger partial charge in [-0.2, -0.15) is 10.2 Å². The van der Waals surface area contributed by atoms with Gasteiger partial charge >= 0.3 is 7.12 Å². The van der Waals surface area contributed by atoms with E-state index in [0.29, 0.717) is 24.0 Å². The molecule has 2 fully saturated rings. The van der Waals surface area contributed by atoms with Gasteiger partial charge in [0.2, 0.25) is 5.95 Å². The predicted molar refractivity (Wildman–Crippen MR) is 115 cm³/mol. The van der Waals surface area contributed by atoms with Crippen molar-refractivity contribution in [1.29, 1.82) is 5.26 Å². The van der Waals surface area contributed by atoms with Gasteiger partial charge in [0.05, 0.1) is 18.6 Å². The summed E-state index contributed by atoms with van der Waals surface area (Å²) in [4.78, 5) is 8.27. The molecule has 8 nitrogen and oxygen atoms in total. The second-order valence-electron chi connectivity index (χ2n) is 8.04. The molecule has 0 atom stereocenters. The first-order valence-corrected chi connectivity index (χ1v) is 10.5. The van der Waals surface area contributed by atoms with Crippen LogP contribution in [-0.4, -0.2) is 35.3 Å². The van der Waals surface area contributed by atoms with Gasteiger partial charge in [0.1, 0.15) is 0 Å². The molecular formula is C21H25BFN5O3. The number of hydrogen-bond donors (Lipinski definition) is 3. The highest BCUT2D eigenvalue weighted by Crippen LogP contribution is 2.41. The van der Waals surface area contributed by atoms with Gasteiger partial charge in [0, 0.05) is 30.7 Å². The number of anilines is 3. The number of nitriles is 1. The molecular weight excluding hydrogens is 400 g/mol. The Bertz CT molecular complexity index is 976. The molecule has 3 heterocycles. The predicted octanol–water partition coefficient (Wildman–Crippen LogP) is 2.86. The molecule has 1 aromatic carbocycles. The number of hydrogen-bond acceptors (Lipinski definition) is 8. The number of ether oxygens (including phenoxy) is 1. The van der Waals surface area contributed by atoms with Crippen LogP contribution in [0.4, 0.5) is 21.9 Å². The Kier molecular flexibility index (Phi) is 6.66. The Morgan fingerprint density at radius 3 is 2.68 bits per heavy atom. The minimum Gasteiger partial charge on any atom is -0.423 e. The average molecular weight is 425 g/mol. The van der Waals surface area contributed by atoms with Crippen molar-refractivity contribution in [3.05, 3.63) is 35.0 Å². The van der Waals surface area contributed by atoms with Crippen molar-refractivity contribution in [2.45, 2.75) is 45.1 Å². The fourth-order valence-corrected chi connectivity index (χ4v) is 3.77. The van der Waals surface area contributed by atoms with Gasteiger partial charge in [0.15, 0.2) is 5.82 Å². The highest BCUT2D eigenvalue weighted by atomic mass is 19.2. The molecule has 2 aromatic rings. The van der Waals surface area contributed by atoms with Gasteiger partial charge < -0.3 is 19.7 Å². The Morgan fingerprint density at radius 1 is 1.26 bits per heavy atom. The molecule has 1 saturated carbocycles. The summed E-state index contributed by atoms with van der Waals surface area (Å²) in [6, 6.07) is 6.14. The number of aromatic nitrogens is 2. The summed E-state index contributed by atoms with van der Waals surface area (Å²) < 4.78 is 23.1. The molecule has 10 heteroatoms. The minimum atomic E-state index is -0.840. The van der Waals surface area contributed by atoms with Gasteiger partial charge in [-0.05, 0) is 67.2 Å². The maximum Gasteiger partial charge on any atom is 0.492 e. The number of fused-ring (bicyclic) bond motifs is 1. The summed E-state index contributed by atoms with van der Waals surface area (Å²) >= 11 is 0. The number of aryl methyl sites for hydroxylation is 1. The largest absolute Gasteiger partial charge is 0.492 e. The lowest BCUT2D eigenvalue weighted by molar-refractivity contribution is 0.0802. The van der Waals surface area contributed by atoms with Crippen LogP contribution in [-0.2, 0) is 16.0 Å². The molecule has 0 spiro atoms. The van der Waals surface area contributed by atoms with Gasteiger partial charge in [-0.25, -0.2) is 10.5 Å². The zero-order valence-corrected chi connectivity index (χ0v) is 17.4. The third kappa shape index (κ3) is 5.13. The summed E-state index contributed by atoms with van der Waals surface area (Å²) in [5, 5.41) is 21.5. The van der Waals surface area contributed by atoms with Crippen LogP contribution < -0.4 is 16.3 Å². The maximum absolute atomic E-state index is 12.7. The lowest BCUT2D eigenvalue weighted by atomic mass is 9.75. The molecule has 0 unspecified atom stereocenters. The molecule has 0 bridgehead atoms. The van der Waals surface area contributed by atoms with E-state index < -0.39 is 7.12 Å². The average Bonchev–Trinajstić information content (AvgIpc) is 3.59. The van der Waals surface area contributed by atoms with Crippen LogP contribution in [0, 0.1) is 24.2 Å². The Morgan fingerprint density at radius 2 is 2.03 bits per heavy atom. The van der Waals surface area contributed by atoms with Gasteiger partial charge in [-0.3, -0.25) is 0 Å². The first-order chi connectivity index (χ1) is 15.1. The zero-order chi connectivity index (χ0) is 21.8. The van der Waals surface area contributed by atoms with Crippen molar-refractivity contribution in [2.75, 3.05) is 24.1 Å². The van der Waals surface area contributed by atoms with Gasteiger partial charge in [-0.15, -0.1) is 4.48 Å². The van der Waals surface area contributed by atoms with Crippen LogP contribution in [0.25, 0.3) is 0 Å².